The molecule has 0 bridgehead atoms. The van der Waals surface area contributed by atoms with Gasteiger partial charge in [0.25, 0.3) is 0 Å². The Morgan fingerprint density at radius 2 is 1.70 bits per heavy atom. The molecule has 0 unspecified atom stereocenters. The maximum atomic E-state index is 13.2. The number of carbonyl (C=O) groups is 5. The Bertz CT molecular complexity index is 1290. The van der Waals surface area contributed by atoms with E-state index in [9.17, 15) is 29.1 Å². The molecule has 0 aliphatic heterocycles. The molecular formula is C30H36N2O8. The fourth-order valence-corrected chi connectivity index (χ4v) is 4.64. The van der Waals surface area contributed by atoms with Crippen molar-refractivity contribution in [2.75, 3.05) is 13.7 Å². The molecule has 3 N–H and O–H groups in total. The predicted molar refractivity (Wildman–Crippen MR) is 147 cm³/mol. The van der Waals surface area contributed by atoms with Crippen LogP contribution in [0.25, 0.3) is 0 Å². The zero-order chi connectivity index (χ0) is 29.4. The van der Waals surface area contributed by atoms with Crippen molar-refractivity contribution in [1.29, 1.82) is 0 Å². The van der Waals surface area contributed by atoms with Crippen LogP contribution in [-0.2, 0) is 38.4 Å². The van der Waals surface area contributed by atoms with Crippen LogP contribution in [-0.4, -0.2) is 60.3 Å². The van der Waals surface area contributed by atoms with Crippen LogP contribution in [0.3, 0.4) is 0 Å². The summed E-state index contributed by atoms with van der Waals surface area (Å²) in [7, 11) is 1.45. The number of rotatable bonds is 14. The summed E-state index contributed by atoms with van der Waals surface area (Å²) in [6, 6.07) is 7.98. The van der Waals surface area contributed by atoms with Gasteiger partial charge >= 0.3 is 5.97 Å². The first kappa shape index (κ1) is 30.3. The van der Waals surface area contributed by atoms with E-state index in [1.807, 2.05) is 12.1 Å². The summed E-state index contributed by atoms with van der Waals surface area (Å²) >= 11 is 0. The Morgan fingerprint density at radius 1 is 0.975 bits per heavy atom. The van der Waals surface area contributed by atoms with Crippen LogP contribution in [0.15, 0.2) is 36.4 Å². The van der Waals surface area contributed by atoms with E-state index in [0.717, 1.165) is 19.3 Å². The molecule has 3 rings (SSSR count). The van der Waals surface area contributed by atoms with E-state index in [1.54, 1.807) is 38.1 Å². The number of carbonyl (C=O) groups excluding carboxylic acids is 4. The van der Waals surface area contributed by atoms with E-state index >= 15 is 0 Å². The van der Waals surface area contributed by atoms with Crippen molar-refractivity contribution in [3.63, 3.8) is 0 Å². The number of hydrogen-bond donors (Lipinski definition) is 3. The smallest absolute Gasteiger partial charge is 0.305 e. The molecular weight excluding hydrogens is 516 g/mol. The highest BCUT2D eigenvalue weighted by molar-refractivity contribution is 5.96. The molecule has 2 atom stereocenters. The molecule has 2 aromatic rings. The first-order valence-corrected chi connectivity index (χ1v) is 13.2. The van der Waals surface area contributed by atoms with Crippen LogP contribution < -0.4 is 20.1 Å². The predicted octanol–water partition coefficient (Wildman–Crippen LogP) is 2.68. The van der Waals surface area contributed by atoms with Gasteiger partial charge in [0.2, 0.25) is 11.8 Å². The third-order valence-electron chi connectivity index (χ3n) is 6.84. The normalized spacial score (nSPS) is 13.6. The van der Waals surface area contributed by atoms with Crippen LogP contribution in [0.2, 0.25) is 0 Å². The number of amides is 2. The van der Waals surface area contributed by atoms with Gasteiger partial charge in [-0.1, -0.05) is 19.9 Å². The molecule has 0 aromatic heterocycles. The number of methoxy groups -OCH3 is 1. The number of ether oxygens (including phenoxy) is 2. The van der Waals surface area contributed by atoms with E-state index in [0.29, 0.717) is 22.6 Å². The molecule has 0 fully saturated rings. The van der Waals surface area contributed by atoms with Crippen molar-refractivity contribution in [3.8, 4) is 11.5 Å². The molecule has 40 heavy (non-hydrogen) atoms. The number of hydrogen-bond acceptors (Lipinski definition) is 7. The van der Waals surface area contributed by atoms with Crippen molar-refractivity contribution < 1.29 is 38.6 Å². The van der Waals surface area contributed by atoms with Crippen molar-refractivity contribution >= 4 is 29.4 Å². The Morgan fingerprint density at radius 3 is 2.35 bits per heavy atom. The molecule has 0 heterocycles. The SMILES string of the molecule is COc1ccc(C(C)=O)cc1CC(=O)N[C@H](C(=O)N[C@@H](CC(=O)O)C(=O)COc1ccc2c(c1)CCC2)C(C)C. The second-order valence-corrected chi connectivity index (χ2v) is 10.2. The monoisotopic (exact) mass is 552 g/mol. The van der Waals surface area contributed by atoms with Crippen molar-refractivity contribution in [3.05, 3.63) is 58.7 Å². The highest BCUT2D eigenvalue weighted by Gasteiger charge is 2.30. The van der Waals surface area contributed by atoms with Crippen LogP contribution in [0, 0.1) is 5.92 Å². The quantitative estimate of drug-likeness (QED) is 0.303. The standard InChI is InChI=1S/C30H36N2O8/c1-17(2)29(32-27(35)14-22-12-20(18(3)33)9-11-26(22)39-4)30(38)31-24(15-28(36)37)25(34)16-40-23-10-8-19-6-5-7-21(19)13-23/h8-13,17,24,29H,5-7,14-16H2,1-4H3,(H,31,38)(H,32,35)(H,36,37)/t24-,29-/m0/s1. The molecule has 0 saturated heterocycles. The molecule has 10 nitrogen and oxygen atoms in total. The fraction of sp³-hybridized carbons (Fsp3) is 0.433. The maximum Gasteiger partial charge on any atom is 0.305 e. The third kappa shape index (κ3) is 8.14. The fourth-order valence-electron chi connectivity index (χ4n) is 4.64. The molecule has 0 saturated carbocycles. The lowest BCUT2D eigenvalue weighted by Crippen LogP contribution is -2.54. The van der Waals surface area contributed by atoms with Crippen LogP contribution in [0.5, 0.6) is 11.5 Å². The van der Waals surface area contributed by atoms with Crippen molar-refractivity contribution in [2.24, 2.45) is 5.92 Å². The van der Waals surface area contributed by atoms with Gasteiger partial charge < -0.3 is 25.2 Å². The minimum absolute atomic E-state index is 0.160. The summed E-state index contributed by atoms with van der Waals surface area (Å²) in [6.45, 7) is 4.43. The van der Waals surface area contributed by atoms with Gasteiger partial charge in [0.05, 0.1) is 20.0 Å². The molecule has 0 spiro atoms. The zero-order valence-corrected chi connectivity index (χ0v) is 23.2. The average molecular weight is 553 g/mol. The minimum atomic E-state index is -1.34. The Hall–Kier alpha value is -4.21. The van der Waals surface area contributed by atoms with E-state index in [1.165, 1.54) is 25.2 Å². The summed E-state index contributed by atoms with van der Waals surface area (Å²) in [5, 5.41) is 14.5. The number of benzene rings is 2. The first-order valence-electron chi connectivity index (χ1n) is 13.2. The Labute approximate surface area is 233 Å². The van der Waals surface area contributed by atoms with E-state index in [4.69, 9.17) is 9.47 Å². The molecule has 10 heteroatoms. The van der Waals surface area contributed by atoms with E-state index in [2.05, 4.69) is 10.6 Å². The number of carboxylic acid groups (broad SMARTS) is 1. The molecule has 1 aliphatic carbocycles. The molecule has 214 valence electrons. The van der Waals surface area contributed by atoms with Gasteiger partial charge in [-0.05, 0) is 73.6 Å². The number of fused-ring (bicyclic) bond motifs is 1. The van der Waals surface area contributed by atoms with Crippen molar-refractivity contribution in [1.82, 2.24) is 10.6 Å². The maximum absolute atomic E-state index is 13.2. The van der Waals surface area contributed by atoms with Crippen LogP contribution in [0.1, 0.15) is 60.7 Å². The summed E-state index contributed by atoms with van der Waals surface area (Å²) in [4.78, 5) is 62.2. The van der Waals surface area contributed by atoms with E-state index < -0.39 is 48.7 Å². The van der Waals surface area contributed by atoms with Crippen molar-refractivity contribution in [2.45, 2.75) is 65.0 Å². The van der Waals surface area contributed by atoms with Gasteiger partial charge in [0, 0.05) is 11.1 Å². The highest BCUT2D eigenvalue weighted by atomic mass is 16.5. The highest BCUT2D eigenvalue weighted by Crippen LogP contribution is 2.26. The van der Waals surface area contributed by atoms with Crippen LogP contribution >= 0.6 is 0 Å². The minimum Gasteiger partial charge on any atom is -0.496 e. The largest absolute Gasteiger partial charge is 0.496 e. The summed E-state index contributed by atoms with van der Waals surface area (Å²) in [6.07, 6.45) is 2.22. The number of aryl methyl sites for hydroxylation is 2. The van der Waals surface area contributed by atoms with Gasteiger partial charge in [-0.25, -0.2) is 0 Å². The molecule has 1 aliphatic rings. The number of ketones is 2. The number of nitrogens with one attached hydrogen (secondary N) is 2. The second kappa shape index (κ2) is 13.7. The summed E-state index contributed by atoms with van der Waals surface area (Å²) in [5.74, 6) is -2.68. The van der Waals surface area contributed by atoms with Gasteiger partial charge in [0.1, 0.15) is 30.2 Å². The molecule has 0 radical (unpaired) electrons. The number of Topliss-reactive ketones (excluding diaryl/α,β-unsaturated/α-hetero) is 2. The van der Waals surface area contributed by atoms with Gasteiger partial charge in [-0.3, -0.25) is 24.0 Å². The first-order chi connectivity index (χ1) is 19.0. The average Bonchev–Trinajstić information content (AvgIpc) is 3.37. The summed E-state index contributed by atoms with van der Waals surface area (Å²) < 4.78 is 10.9. The zero-order valence-electron chi connectivity index (χ0n) is 23.2. The number of carboxylic acids is 1. The second-order valence-electron chi connectivity index (χ2n) is 10.2. The lowest BCUT2D eigenvalue weighted by Gasteiger charge is -2.25. The lowest BCUT2D eigenvalue weighted by molar-refractivity contribution is -0.141. The van der Waals surface area contributed by atoms with E-state index in [-0.39, 0.29) is 18.1 Å². The van der Waals surface area contributed by atoms with Gasteiger partial charge in [-0.2, -0.15) is 0 Å². The molecule has 2 aromatic carbocycles. The van der Waals surface area contributed by atoms with Gasteiger partial charge in [-0.15, -0.1) is 0 Å². The Balaban J connectivity index is 1.66. The molecule has 2 amide bonds. The number of aliphatic carboxylic acids is 1. The van der Waals surface area contributed by atoms with Gasteiger partial charge in [0.15, 0.2) is 11.6 Å². The summed E-state index contributed by atoms with van der Waals surface area (Å²) in [5.41, 5.74) is 3.31. The topological polar surface area (TPSA) is 148 Å². The Kier molecular flexibility index (Phi) is 10.4. The third-order valence-corrected chi connectivity index (χ3v) is 6.84. The van der Waals surface area contributed by atoms with Crippen LogP contribution in [0.4, 0.5) is 0 Å². The lowest BCUT2D eigenvalue weighted by atomic mass is 10.0.